The molecule has 2 aromatic rings. The summed E-state index contributed by atoms with van der Waals surface area (Å²) in [6.45, 7) is 0. The topological polar surface area (TPSA) is 55.1 Å². The van der Waals surface area contributed by atoms with E-state index in [2.05, 4.69) is 5.32 Å². The van der Waals surface area contributed by atoms with Crippen molar-refractivity contribution >= 4 is 28.9 Å². The molecule has 0 bridgehead atoms. The predicted molar refractivity (Wildman–Crippen MR) is 73.8 cm³/mol. The molecule has 0 spiro atoms. The number of nitrogens with one attached hydrogen (secondary N) is 1. The molecule has 0 atom stereocenters. The van der Waals surface area contributed by atoms with Crippen molar-refractivity contribution in [3.05, 3.63) is 59.7 Å². The van der Waals surface area contributed by atoms with Crippen molar-refractivity contribution in [3.63, 3.8) is 0 Å². The number of carbonyl (C=O) groups is 1. The highest BCUT2D eigenvalue weighted by molar-refractivity contribution is 6.34. The molecule has 0 fully saturated rings. The Bertz CT molecular complexity index is 642. The zero-order valence-corrected chi connectivity index (χ0v) is 9.68. The van der Waals surface area contributed by atoms with Crippen LogP contribution >= 0.6 is 0 Å². The molecule has 1 amide bonds. The molecule has 0 saturated carbocycles. The van der Waals surface area contributed by atoms with E-state index in [1.54, 1.807) is 0 Å². The van der Waals surface area contributed by atoms with Crippen LogP contribution in [-0.4, -0.2) is 5.91 Å². The molecule has 3 nitrogen and oxygen atoms in total. The predicted octanol–water partition coefficient (Wildman–Crippen LogP) is 2.76. The maximum absolute atomic E-state index is 11.9. The molecule has 1 aliphatic heterocycles. The van der Waals surface area contributed by atoms with E-state index in [1.807, 2.05) is 54.6 Å². The molecule has 2 aromatic carbocycles. The van der Waals surface area contributed by atoms with Crippen molar-refractivity contribution in [2.45, 2.75) is 0 Å². The van der Waals surface area contributed by atoms with Gasteiger partial charge in [0, 0.05) is 22.5 Å². The van der Waals surface area contributed by atoms with E-state index < -0.39 is 0 Å². The van der Waals surface area contributed by atoms with Crippen molar-refractivity contribution in [2.24, 2.45) is 0 Å². The first kappa shape index (κ1) is 10.6. The molecule has 0 aromatic heterocycles. The summed E-state index contributed by atoms with van der Waals surface area (Å²) in [6.07, 6.45) is 1.88. The standard InChI is InChI=1S/C15H12N2O/c16-11-7-5-10(6-8-11)9-13-12-3-1-2-4-14(12)17-15(13)18/h1-9H,16H2,(H,17,18). The quantitative estimate of drug-likeness (QED) is 0.591. The van der Waals surface area contributed by atoms with Crippen LogP contribution in [-0.2, 0) is 4.79 Å². The molecule has 0 unspecified atom stereocenters. The van der Waals surface area contributed by atoms with Crippen LogP contribution in [0.4, 0.5) is 11.4 Å². The summed E-state index contributed by atoms with van der Waals surface area (Å²) < 4.78 is 0. The fourth-order valence-corrected chi connectivity index (χ4v) is 2.04. The Morgan fingerprint density at radius 3 is 2.50 bits per heavy atom. The molecular weight excluding hydrogens is 224 g/mol. The first-order chi connectivity index (χ1) is 8.74. The van der Waals surface area contributed by atoms with Crippen molar-refractivity contribution in [2.75, 3.05) is 11.1 Å². The van der Waals surface area contributed by atoms with Gasteiger partial charge in [-0.15, -0.1) is 0 Å². The van der Waals surface area contributed by atoms with Gasteiger partial charge in [-0.1, -0.05) is 30.3 Å². The van der Waals surface area contributed by atoms with E-state index in [1.165, 1.54) is 0 Å². The van der Waals surface area contributed by atoms with Gasteiger partial charge in [0.25, 0.3) is 5.91 Å². The van der Waals surface area contributed by atoms with Gasteiger partial charge < -0.3 is 11.1 Å². The van der Waals surface area contributed by atoms with Crippen LogP contribution in [0.3, 0.4) is 0 Å². The number of hydrogen-bond acceptors (Lipinski definition) is 2. The molecule has 18 heavy (non-hydrogen) atoms. The number of fused-ring (bicyclic) bond motifs is 1. The Morgan fingerprint density at radius 2 is 1.72 bits per heavy atom. The number of carbonyl (C=O) groups excluding carboxylic acids is 1. The number of rotatable bonds is 1. The Kier molecular flexibility index (Phi) is 2.38. The largest absolute Gasteiger partial charge is 0.399 e. The molecule has 0 aliphatic carbocycles. The summed E-state index contributed by atoms with van der Waals surface area (Å²) >= 11 is 0. The van der Waals surface area contributed by atoms with E-state index >= 15 is 0 Å². The minimum absolute atomic E-state index is 0.0620. The highest BCUT2D eigenvalue weighted by atomic mass is 16.1. The first-order valence-electron chi connectivity index (χ1n) is 5.72. The number of hydrogen-bond donors (Lipinski definition) is 2. The number of para-hydroxylation sites is 1. The zero-order valence-electron chi connectivity index (χ0n) is 9.68. The van der Waals surface area contributed by atoms with Crippen molar-refractivity contribution in [1.82, 2.24) is 0 Å². The lowest BCUT2D eigenvalue weighted by Crippen LogP contribution is -2.03. The van der Waals surface area contributed by atoms with Crippen LogP contribution in [0.1, 0.15) is 11.1 Å². The molecule has 3 N–H and O–H groups in total. The monoisotopic (exact) mass is 236 g/mol. The van der Waals surface area contributed by atoms with Gasteiger partial charge in [0.05, 0.1) is 0 Å². The van der Waals surface area contributed by atoms with Crippen molar-refractivity contribution < 1.29 is 4.79 Å². The third-order valence-corrected chi connectivity index (χ3v) is 2.96. The highest BCUT2D eigenvalue weighted by Gasteiger charge is 2.22. The Balaban J connectivity index is 2.07. The molecule has 3 heteroatoms. The summed E-state index contributed by atoms with van der Waals surface area (Å²) in [5.74, 6) is -0.0620. The Labute approximate surface area is 105 Å². The van der Waals surface area contributed by atoms with Gasteiger partial charge >= 0.3 is 0 Å². The number of benzene rings is 2. The number of amides is 1. The van der Waals surface area contributed by atoms with E-state index in [4.69, 9.17) is 5.73 Å². The van der Waals surface area contributed by atoms with Gasteiger partial charge in [-0.25, -0.2) is 0 Å². The number of nitrogen functional groups attached to an aromatic ring is 1. The van der Waals surface area contributed by atoms with Crippen LogP contribution in [0.5, 0.6) is 0 Å². The lowest BCUT2D eigenvalue weighted by atomic mass is 10.0. The van der Waals surface area contributed by atoms with Crippen LogP contribution < -0.4 is 11.1 Å². The van der Waals surface area contributed by atoms with Crippen LogP contribution in [0, 0.1) is 0 Å². The maximum atomic E-state index is 11.9. The van der Waals surface area contributed by atoms with E-state index in [-0.39, 0.29) is 5.91 Å². The van der Waals surface area contributed by atoms with E-state index in [0.29, 0.717) is 11.3 Å². The van der Waals surface area contributed by atoms with Gasteiger partial charge in [-0.3, -0.25) is 4.79 Å². The molecule has 3 rings (SSSR count). The third-order valence-electron chi connectivity index (χ3n) is 2.96. The lowest BCUT2D eigenvalue weighted by Gasteiger charge is -1.99. The van der Waals surface area contributed by atoms with Crippen LogP contribution in [0.2, 0.25) is 0 Å². The molecule has 0 saturated heterocycles. The van der Waals surface area contributed by atoms with E-state index in [0.717, 1.165) is 16.8 Å². The first-order valence-corrected chi connectivity index (χ1v) is 5.72. The molecular formula is C15H12N2O. The zero-order chi connectivity index (χ0) is 12.5. The number of nitrogens with two attached hydrogens (primary N) is 1. The minimum Gasteiger partial charge on any atom is -0.399 e. The van der Waals surface area contributed by atoms with Gasteiger partial charge in [0.15, 0.2) is 0 Å². The summed E-state index contributed by atoms with van der Waals surface area (Å²) in [6, 6.07) is 15.1. The SMILES string of the molecule is Nc1ccc(C=C2C(=O)Nc3ccccc32)cc1. The van der Waals surface area contributed by atoms with Gasteiger partial charge in [0.2, 0.25) is 0 Å². The van der Waals surface area contributed by atoms with Gasteiger partial charge in [-0.05, 0) is 29.8 Å². The smallest absolute Gasteiger partial charge is 0.256 e. The second-order valence-electron chi connectivity index (χ2n) is 4.22. The second-order valence-corrected chi connectivity index (χ2v) is 4.22. The Morgan fingerprint density at radius 1 is 1.00 bits per heavy atom. The van der Waals surface area contributed by atoms with Gasteiger partial charge in [0.1, 0.15) is 0 Å². The average molecular weight is 236 g/mol. The minimum atomic E-state index is -0.0620. The van der Waals surface area contributed by atoms with Crippen molar-refractivity contribution in [1.29, 1.82) is 0 Å². The Hall–Kier alpha value is -2.55. The highest BCUT2D eigenvalue weighted by Crippen LogP contribution is 2.32. The maximum Gasteiger partial charge on any atom is 0.256 e. The van der Waals surface area contributed by atoms with E-state index in [9.17, 15) is 4.79 Å². The molecule has 1 heterocycles. The fraction of sp³-hybridized carbons (Fsp3) is 0. The molecule has 0 radical (unpaired) electrons. The number of anilines is 2. The average Bonchev–Trinajstić information content (AvgIpc) is 2.69. The second kappa shape index (κ2) is 4.04. The van der Waals surface area contributed by atoms with Crippen LogP contribution in [0.25, 0.3) is 11.6 Å². The summed E-state index contributed by atoms with van der Waals surface area (Å²) in [5.41, 5.74) is 9.82. The van der Waals surface area contributed by atoms with Crippen LogP contribution in [0.15, 0.2) is 48.5 Å². The summed E-state index contributed by atoms with van der Waals surface area (Å²) in [7, 11) is 0. The van der Waals surface area contributed by atoms with Gasteiger partial charge in [-0.2, -0.15) is 0 Å². The lowest BCUT2D eigenvalue weighted by molar-refractivity contribution is -0.110. The third kappa shape index (κ3) is 1.76. The normalized spacial score (nSPS) is 15.6. The molecule has 88 valence electrons. The molecule has 1 aliphatic rings. The fourth-order valence-electron chi connectivity index (χ4n) is 2.04. The summed E-state index contributed by atoms with van der Waals surface area (Å²) in [5, 5.41) is 2.85. The van der Waals surface area contributed by atoms with Crippen molar-refractivity contribution in [3.8, 4) is 0 Å². The summed E-state index contributed by atoms with van der Waals surface area (Å²) in [4.78, 5) is 11.9.